The minimum absolute atomic E-state index is 0.147. The number of benzene rings is 2. The Morgan fingerprint density at radius 3 is 2.54 bits per heavy atom. The summed E-state index contributed by atoms with van der Waals surface area (Å²) in [6.45, 7) is 0.980. The van der Waals surface area contributed by atoms with Crippen molar-refractivity contribution in [2.45, 2.75) is 24.3 Å². The molecule has 3 heteroatoms. The maximum Gasteiger partial charge on any atom is 0.165 e. The van der Waals surface area contributed by atoms with Gasteiger partial charge in [-0.1, -0.05) is 36.4 Å². The van der Waals surface area contributed by atoms with Crippen LogP contribution in [0.5, 0.6) is 5.75 Å². The predicted octanol–water partition coefficient (Wildman–Crippen LogP) is 3.96. The monoisotopic (exact) mass is 319 g/mol. The van der Waals surface area contributed by atoms with Crippen LogP contribution < -0.4 is 9.64 Å². The summed E-state index contributed by atoms with van der Waals surface area (Å²) in [7, 11) is 1.66. The molecular weight excluding hydrogens is 298 g/mol. The summed E-state index contributed by atoms with van der Waals surface area (Å²) < 4.78 is 5.26. The molecule has 3 nitrogen and oxygen atoms in total. The predicted molar refractivity (Wildman–Crippen MR) is 95.6 cm³/mol. The molecule has 0 amide bonds. The molecule has 0 saturated carbocycles. The smallest absolute Gasteiger partial charge is 0.165 e. The Morgan fingerprint density at radius 1 is 1.08 bits per heavy atom. The van der Waals surface area contributed by atoms with Crippen molar-refractivity contribution in [2.75, 3.05) is 18.6 Å². The standard InChI is InChI=1S/C21H21NO2/c1-24-18-10-8-16(9-11-18)20-19(23)12-14-21(20)13-5-15-22(21)17-6-3-2-4-7-17/h2-4,6-12,14,20H,5,13,15H2,1H3/t20-,21-/m0/s1. The highest BCUT2D eigenvalue weighted by atomic mass is 16.5. The maximum atomic E-state index is 12.7. The lowest BCUT2D eigenvalue weighted by Gasteiger charge is -2.40. The Hall–Kier alpha value is -2.55. The number of allylic oxidation sites excluding steroid dienone is 1. The van der Waals surface area contributed by atoms with Gasteiger partial charge in [0, 0.05) is 12.2 Å². The Labute approximate surface area is 142 Å². The number of ketones is 1. The second-order valence-electron chi connectivity index (χ2n) is 6.52. The van der Waals surface area contributed by atoms with E-state index in [9.17, 15) is 4.79 Å². The van der Waals surface area contributed by atoms with E-state index in [1.54, 1.807) is 13.2 Å². The first-order valence-electron chi connectivity index (χ1n) is 8.44. The number of carbonyl (C=O) groups excluding carboxylic acids is 1. The fraction of sp³-hybridized carbons (Fsp3) is 0.286. The van der Waals surface area contributed by atoms with Gasteiger partial charge >= 0.3 is 0 Å². The van der Waals surface area contributed by atoms with Gasteiger partial charge in [0.25, 0.3) is 0 Å². The SMILES string of the molecule is COc1ccc([C@H]2C(=O)C=C[C@@]23CCCN3c2ccccc2)cc1. The first kappa shape index (κ1) is 15.0. The molecule has 1 fully saturated rings. The van der Waals surface area contributed by atoms with Crippen molar-refractivity contribution in [1.82, 2.24) is 0 Å². The minimum Gasteiger partial charge on any atom is -0.497 e. The number of ether oxygens (including phenoxy) is 1. The van der Waals surface area contributed by atoms with E-state index >= 15 is 0 Å². The first-order chi connectivity index (χ1) is 11.7. The highest BCUT2D eigenvalue weighted by Crippen LogP contribution is 2.48. The molecule has 1 aliphatic carbocycles. The second-order valence-corrected chi connectivity index (χ2v) is 6.52. The van der Waals surface area contributed by atoms with Gasteiger partial charge in [-0.3, -0.25) is 4.79 Å². The van der Waals surface area contributed by atoms with Crippen molar-refractivity contribution in [1.29, 1.82) is 0 Å². The van der Waals surface area contributed by atoms with E-state index in [2.05, 4.69) is 35.2 Å². The topological polar surface area (TPSA) is 29.5 Å². The molecule has 1 heterocycles. The second kappa shape index (κ2) is 5.82. The Bertz CT molecular complexity index is 766. The molecule has 0 N–H and O–H groups in total. The van der Waals surface area contributed by atoms with E-state index in [0.29, 0.717) is 0 Å². The summed E-state index contributed by atoms with van der Waals surface area (Å²) in [5.74, 6) is 0.867. The lowest BCUT2D eigenvalue weighted by Crippen LogP contribution is -2.47. The fourth-order valence-corrected chi connectivity index (χ4v) is 4.23. The van der Waals surface area contributed by atoms with E-state index in [4.69, 9.17) is 4.74 Å². The summed E-state index contributed by atoms with van der Waals surface area (Å²) in [5.41, 5.74) is 2.01. The Kier molecular flexibility index (Phi) is 3.64. The van der Waals surface area contributed by atoms with Crippen LogP contribution >= 0.6 is 0 Å². The summed E-state index contributed by atoms with van der Waals surface area (Å²) in [6.07, 6.45) is 6.00. The zero-order chi connectivity index (χ0) is 16.6. The van der Waals surface area contributed by atoms with Crippen molar-refractivity contribution in [3.63, 3.8) is 0 Å². The van der Waals surface area contributed by atoms with Gasteiger partial charge < -0.3 is 9.64 Å². The molecule has 1 saturated heterocycles. The van der Waals surface area contributed by atoms with Gasteiger partial charge in [-0.25, -0.2) is 0 Å². The number of para-hydroxylation sites is 1. The highest BCUT2D eigenvalue weighted by molar-refractivity contribution is 6.01. The third-order valence-corrected chi connectivity index (χ3v) is 5.30. The molecule has 2 atom stereocenters. The Morgan fingerprint density at radius 2 is 1.83 bits per heavy atom. The molecule has 122 valence electrons. The number of carbonyl (C=O) groups is 1. The van der Waals surface area contributed by atoms with Gasteiger partial charge in [0.1, 0.15) is 5.75 Å². The molecule has 0 bridgehead atoms. The Balaban J connectivity index is 1.76. The first-order valence-corrected chi connectivity index (χ1v) is 8.44. The summed E-state index contributed by atoms with van der Waals surface area (Å²) in [6, 6.07) is 18.4. The van der Waals surface area contributed by atoms with Crippen LogP contribution in [0, 0.1) is 0 Å². The maximum absolute atomic E-state index is 12.7. The third-order valence-electron chi connectivity index (χ3n) is 5.30. The molecular formula is C21H21NO2. The molecule has 0 radical (unpaired) electrons. The van der Waals surface area contributed by atoms with Crippen molar-refractivity contribution in [2.24, 2.45) is 0 Å². The molecule has 0 unspecified atom stereocenters. The minimum atomic E-state index is -0.243. The van der Waals surface area contributed by atoms with E-state index < -0.39 is 0 Å². The van der Waals surface area contributed by atoms with Gasteiger partial charge in [0.2, 0.25) is 0 Å². The van der Waals surface area contributed by atoms with Crippen molar-refractivity contribution >= 4 is 11.5 Å². The molecule has 2 aromatic carbocycles. The third kappa shape index (κ3) is 2.23. The fourth-order valence-electron chi connectivity index (χ4n) is 4.23. The van der Waals surface area contributed by atoms with Crippen LogP contribution in [0.3, 0.4) is 0 Å². The van der Waals surface area contributed by atoms with Gasteiger partial charge in [0.15, 0.2) is 5.78 Å². The zero-order valence-corrected chi connectivity index (χ0v) is 13.8. The van der Waals surface area contributed by atoms with E-state index in [-0.39, 0.29) is 17.2 Å². The van der Waals surface area contributed by atoms with Gasteiger partial charge in [-0.2, -0.15) is 0 Å². The average molecular weight is 319 g/mol. The van der Waals surface area contributed by atoms with E-state index in [0.717, 1.165) is 30.7 Å². The number of methoxy groups -OCH3 is 1. The van der Waals surface area contributed by atoms with Crippen molar-refractivity contribution < 1.29 is 9.53 Å². The molecule has 1 aliphatic heterocycles. The molecule has 4 rings (SSSR count). The zero-order valence-electron chi connectivity index (χ0n) is 13.8. The van der Waals surface area contributed by atoms with Crippen LogP contribution in [-0.4, -0.2) is 25.0 Å². The number of rotatable bonds is 3. The van der Waals surface area contributed by atoms with Gasteiger partial charge in [0.05, 0.1) is 18.6 Å². The number of nitrogens with zero attached hydrogens (tertiary/aromatic N) is 1. The molecule has 2 aromatic rings. The molecule has 1 spiro atoms. The number of hydrogen-bond acceptors (Lipinski definition) is 3. The van der Waals surface area contributed by atoms with Crippen LogP contribution in [-0.2, 0) is 4.79 Å². The van der Waals surface area contributed by atoms with Gasteiger partial charge in [-0.05, 0) is 48.7 Å². The summed E-state index contributed by atoms with van der Waals surface area (Å²) in [5, 5.41) is 0. The molecule has 0 aromatic heterocycles. The van der Waals surface area contributed by atoms with E-state index in [1.165, 1.54) is 5.69 Å². The van der Waals surface area contributed by atoms with Gasteiger partial charge in [-0.15, -0.1) is 0 Å². The van der Waals surface area contributed by atoms with Crippen LogP contribution in [0.4, 0.5) is 5.69 Å². The van der Waals surface area contributed by atoms with Crippen molar-refractivity contribution in [3.8, 4) is 5.75 Å². The molecule has 24 heavy (non-hydrogen) atoms. The quantitative estimate of drug-likeness (QED) is 0.858. The van der Waals surface area contributed by atoms with Crippen LogP contribution in [0.15, 0.2) is 66.7 Å². The van der Waals surface area contributed by atoms with Crippen LogP contribution in [0.2, 0.25) is 0 Å². The largest absolute Gasteiger partial charge is 0.497 e. The number of anilines is 1. The van der Waals surface area contributed by atoms with Crippen LogP contribution in [0.25, 0.3) is 0 Å². The molecule has 2 aliphatic rings. The lowest BCUT2D eigenvalue weighted by molar-refractivity contribution is -0.116. The lowest BCUT2D eigenvalue weighted by atomic mass is 9.79. The number of hydrogen-bond donors (Lipinski definition) is 0. The van der Waals surface area contributed by atoms with Crippen molar-refractivity contribution in [3.05, 3.63) is 72.3 Å². The summed E-state index contributed by atoms with van der Waals surface area (Å²) >= 11 is 0. The summed E-state index contributed by atoms with van der Waals surface area (Å²) in [4.78, 5) is 15.1. The normalized spacial score (nSPS) is 25.6. The van der Waals surface area contributed by atoms with Crippen LogP contribution in [0.1, 0.15) is 24.3 Å². The highest BCUT2D eigenvalue weighted by Gasteiger charge is 2.51. The average Bonchev–Trinajstić information content (AvgIpc) is 3.20. The van der Waals surface area contributed by atoms with E-state index in [1.807, 2.05) is 30.3 Å².